The molecule has 0 saturated carbocycles. The molecule has 0 aliphatic heterocycles. The first kappa shape index (κ1) is 9.83. The molecule has 0 radical (unpaired) electrons. The lowest BCUT2D eigenvalue weighted by Gasteiger charge is -2.00. The van der Waals surface area contributed by atoms with E-state index in [4.69, 9.17) is 5.73 Å². The van der Waals surface area contributed by atoms with Gasteiger partial charge in [-0.25, -0.2) is 9.97 Å². The highest BCUT2D eigenvalue weighted by Crippen LogP contribution is 2.25. The quantitative estimate of drug-likeness (QED) is 0.674. The summed E-state index contributed by atoms with van der Waals surface area (Å²) in [5.41, 5.74) is 9.42. The number of anilines is 1. The van der Waals surface area contributed by atoms with E-state index < -0.39 is 0 Å². The Balaban J connectivity index is 2.36. The predicted octanol–water partition coefficient (Wildman–Crippen LogP) is 1.02. The van der Waals surface area contributed by atoms with E-state index in [1.165, 1.54) is 0 Å². The first-order valence-corrected chi connectivity index (χ1v) is 5.25. The zero-order chi connectivity index (χ0) is 12.0. The largest absolute Gasteiger partial charge is 0.381 e. The number of aryl methyl sites for hydroxylation is 2. The molecule has 17 heavy (non-hydrogen) atoms. The molecule has 2 N–H and O–H groups in total. The average molecular weight is 228 g/mol. The Bertz CT molecular complexity index is 693. The molecule has 6 nitrogen and oxygen atoms in total. The molecule has 0 atom stereocenters. The van der Waals surface area contributed by atoms with Gasteiger partial charge >= 0.3 is 0 Å². The Morgan fingerprint density at radius 3 is 2.88 bits per heavy atom. The van der Waals surface area contributed by atoms with Crippen LogP contribution < -0.4 is 5.73 Å². The van der Waals surface area contributed by atoms with Gasteiger partial charge in [-0.2, -0.15) is 5.10 Å². The third kappa shape index (κ3) is 1.37. The van der Waals surface area contributed by atoms with Crippen molar-refractivity contribution in [2.45, 2.75) is 6.92 Å². The second-order valence-electron chi connectivity index (χ2n) is 3.95. The van der Waals surface area contributed by atoms with Gasteiger partial charge in [0.1, 0.15) is 0 Å². The normalized spacial score (nSPS) is 11.2. The smallest absolute Gasteiger partial charge is 0.180 e. The van der Waals surface area contributed by atoms with E-state index in [1.807, 2.05) is 37.0 Å². The van der Waals surface area contributed by atoms with Crippen LogP contribution in [0.15, 0.2) is 24.8 Å². The molecule has 3 heterocycles. The lowest BCUT2D eigenvalue weighted by atomic mass is 10.2. The van der Waals surface area contributed by atoms with Gasteiger partial charge in [0, 0.05) is 31.2 Å². The Hall–Kier alpha value is -2.37. The Morgan fingerprint density at radius 1 is 1.35 bits per heavy atom. The third-order valence-electron chi connectivity index (χ3n) is 2.72. The van der Waals surface area contributed by atoms with Crippen LogP contribution in [0.5, 0.6) is 0 Å². The van der Waals surface area contributed by atoms with Gasteiger partial charge in [0.2, 0.25) is 0 Å². The van der Waals surface area contributed by atoms with Crippen molar-refractivity contribution in [3.05, 3.63) is 30.5 Å². The number of hydrogen-bond donors (Lipinski definition) is 1. The van der Waals surface area contributed by atoms with Crippen molar-refractivity contribution in [1.82, 2.24) is 24.1 Å². The molecule has 0 unspecified atom stereocenters. The van der Waals surface area contributed by atoms with Crippen LogP contribution in [-0.2, 0) is 7.05 Å². The topological polar surface area (TPSA) is 74.0 Å². The van der Waals surface area contributed by atoms with Gasteiger partial charge in [0.15, 0.2) is 11.5 Å². The van der Waals surface area contributed by atoms with E-state index in [0.29, 0.717) is 11.5 Å². The first-order valence-electron chi connectivity index (χ1n) is 5.25. The van der Waals surface area contributed by atoms with Crippen LogP contribution in [-0.4, -0.2) is 24.1 Å². The van der Waals surface area contributed by atoms with Crippen molar-refractivity contribution in [3.63, 3.8) is 0 Å². The Labute approximate surface area is 97.7 Å². The molecular formula is C11H12N6. The van der Waals surface area contributed by atoms with E-state index >= 15 is 0 Å². The van der Waals surface area contributed by atoms with Crippen LogP contribution in [0.25, 0.3) is 16.9 Å². The lowest BCUT2D eigenvalue weighted by molar-refractivity contribution is 0.768. The van der Waals surface area contributed by atoms with Crippen LogP contribution >= 0.6 is 0 Å². The number of nitrogens with zero attached hydrogens (tertiary/aromatic N) is 5. The van der Waals surface area contributed by atoms with Crippen molar-refractivity contribution in [2.75, 3.05) is 5.73 Å². The summed E-state index contributed by atoms with van der Waals surface area (Å²) in [5, 5.41) is 4.17. The standard InChI is InChI=1S/C11H12N6/c1-7-9(8-5-14-16(2)6-8)17-4-3-13-10(12)11(17)15-7/h3-6H,1-2H3,(H2,12,13). The van der Waals surface area contributed by atoms with E-state index in [1.54, 1.807) is 10.9 Å². The second-order valence-corrected chi connectivity index (χ2v) is 3.95. The summed E-state index contributed by atoms with van der Waals surface area (Å²) in [6.45, 7) is 1.95. The SMILES string of the molecule is Cc1nc2c(N)nccn2c1-c1cnn(C)c1. The number of imidazole rings is 1. The Kier molecular flexibility index (Phi) is 1.91. The summed E-state index contributed by atoms with van der Waals surface area (Å²) >= 11 is 0. The number of rotatable bonds is 1. The van der Waals surface area contributed by atoms with Crippen molar-refractivity contribution in [3.8, 4) is 11.3 Å². The molecule has 0 spiro atoms. The van der Waals surface area contributed by atoms with Crippen molar-refractivity contribution in [2.24, 2.45) is 7.05 Å². The van der Waals surface area contributed by atoms with Crippen LogP contribution in [0, 0.1) is 6.92 Å². The van der Waals surface area contributed by atoms with Crippen molar-refractivity contribution in [1.29, 1.82) is 0 Å². The van der Waals surface area contributed by atoms with E-state index in [0.717, 1.165) is 17.0 Å². The summed E-state index contributed by atoms with van der Waals surface area (Å²) < 4.78 is 3.70. The maximum Gasteiger partial charge on any atom is 0.180 e. The first-order chi connectivity index (χ1) is 8.16. The molecule has 0 aliphatic rings. The number of nitrogens with two attached hydrogens (primary N) is 1. The molecule has 3 rings (SSSR count). The summed E-state index contributed by atoms with van der Waals surface area (Å²) in [6, 6.07) is 0. The number of hydrogen-bond acceptors (Lipinski definition) is 4. The highest BCUT2D eigenvalue weighted by atomic mass is 15.2. The molecule has 3 aromatic heterocycles. The zero-order valence-corrected chi connectivity index (χ0v) is 9.62. The minimum Gasteiger partial charge on any atom is -0.381 e. The van der Waals surface area contributed by atoms with Crippen LogP contribution in [0.1, 0.15) is 5.69 Å². The molecular weight excluding hydrogens is 216 g/mol. The molecule has 6 heteroatoms. The van der Waals surface area contributed by atoms with E-state index in [9.17, 15) is 0 Å². The maximum absolute atomic E-state index is 5.81. The Morgan fingerprint density at radius 2 is 2.18 bits per heavy atom. The minimum absolute atomic E-state index is 0.436. The van der Waals surface area contributed by atoms with Gasteiger partial charge in [-0.1, -0.05) is 0 Å². The van der Waals surface area contributed by atoms with Gasteiger partial charge in [0.05, 0.1) is 17.6 Å². The van der Waals surface area contributed by atoms with Gasteiger partial charge in [-0.3, -0.25) is 9.08 Å². The molecule has 0 amide bonds. The maximum atomic E-state index is 5.81. The fourth-order valence-electron chi connectivity index (χ4n) is 2.00. The van der Waals surface area contributed by atoms with Crippen molar-refractivity contribution < 1.29 is 0 Å². The molecule has 86 valence electrons. The highest BCUT2D eigenvalue weighted by molar-refractivity contribution is 5.71. The number of nitrogen functional groups attached to an aromatic ring is 1. The third-order valence-corrected chi connectivity index (χ3v) is 2.72. The summed E-state index contributed by atoms with van der Waals surface area (Å²) in [7, 11) is 1.89. The summed E-state index contributed by atoms with van der Waals surface area (Å²) in [5.74, 6) is 0.436. The summed E-state index contributed by atoms with van der Waals surface area (Å²) in [4.78, 5) is 8.47. The molecule has 0 bridgehead atoms. The number of fused-ring (bicyclic) bond motifs is 1. The summed E-state index contributed by atoms with van der Waals surface area (Å²) in [6.07, 6.45) is 7.29. The second kappa shape index (κ2) is 3.31. The van der Waals surface area contributed by atoms with Gasteiger partial charge < -0.3 is 5.73 Å². The highest BCUT2D eigenvalue weighted by Gasteiger charge is 2.13. The lowest BCUT2D eigenvalue weighted by Crippen LogP contribution is -1.96. The van der Waals surface area contributed by atoms with Gasteiger partial charge in [-0.05, 0) is 6.92 Å². The van der Waals surface area contributed by atoms with E-state index in [-0.39, 0.29) is 0 Å². The fraction of sp³-hybridized carbons (Fsp3) is 0.182. The molecule has 0 aliphatic carbocycles. The van der Waals surface area contributed by atoms with Crippen molar-refractivity contribution >= 4 is 11.5 Å². The average Bonchev–Trinajstić information content (AvgIpc) is 2.82. The van der Waals surface area contributed by atoms with Crippen LogP contribution in [0.2, 0.25) is 0 Å². The zero-order valence-electron chi connectivity index (χ0n) is 9.62. The fourth-order valence-corrected chi connectivity index (χ4v) is 2.00. The van der Waals surface area contributed by atoms with E-state index in [2.05, 4.69) is 15.1 Å². The molecule has 0 aromatic carbocycles. The number of aromatic nitrogens is 5. The van der Waals surface area contributed by atoms with Gasteiger partial charge in [-0.15, -0.1) is 0 Å². The molecule has 0 fully saturated rings. The predicted molar refractivity (Wildman–Crippen MR) is 64.3 cm³/mol. The monoisotopic (exact) mass is 228 g/mol. The van der Waals surface area contributed by atoms with Crippen LogP contribution in [0.4, 0.5) is 5.82 Å². The minimum atomic E-state index is 0.436. The van der Waals surface area contributed by atoms with Crippen LogP contribution in [0.3, 0.4) is 0 Å². The molecule has 0 saturated heterocycles. The molecule has 3 aromatic rings. The van der Waals surface area contributed by atoms with Gasteiger partial charge in [0.25, 0.3) is 0 Å².